The Morgan fingerprint density at radius 3 is 2.38 bits per heavy atom. The van der Waals surface area contributed by atoms with Crippen molar-refractivity contribution >= 4 is 11.6 Å². The minimum absolute atomic E-state index is 0.0324. The van der Waals surface area contributed by atoms with Crippen molar-refractivity contribution < 1.29 is 8.78 Å². The van der Waals surface area contributed by atoms with Crippen LogP contribution < -0.4 is 5.32 Å². The number of nitrogens with one attached hydrogen (secondary N) is 1. The Morgan fingerprint density at radius 2 is 1.76 bits per heavy atom. The molecule has 1 nitrogen and oxygen atoms in total. The second-order valence-corrected chi connectivity index (χ2v) is 5.40. The van der Waals surface area contributed by atoms with Gasteiger partial charge in [0.1, 0.15) is 11.6 Å². The fourth-order valence-corrected chi connectivity index (χ4v) is 2.56. The second kappa shape index (κ2) is 7.53. The van der Waals surface area contributed by atoms with E-state index in [2.05, 4.69) is 5.32 Å². The van der Waals surface area contributed by atoms with Gasteiger partial charge in [0.05, 0.1) is 0 Å². The maximum atomic E-state index is 13.8. The fourth-order valence-electron chi connectivity index (χ4n) is 2.36. The molecule has 1 unspecified atom stereocenters. The first-order valence-electron chi connectivity index (χ1n) is 7.01. The smallest absolute Gasteiger partial charge is 0.129 e. The summed E-state index contributed by atoms with van der Waals surface area (Å²) in [6.45, 7) is 3.44. The average Bonchev–Trinajstić information content (AvgIpc) is 2.46. The van der Waals surface area contributed by atoms with Crippen LogP contribution in [0.2, 0.25) is 5.02 Å². The summed E-state index contributed by atoms with van der Waals surface area (Å²) in [4.78, 5) is 0. The largest absolute Gasteiger partial charge is 0.316 e. The van der Waals surface area contributed by atoms with Crippen LogP contribution in [0.3, 0.4) is 0 Å². The lowest BCUT2D eigenvalue weighted by molar-refractivity contribution is 0.523. The minimum atomic E-state index is -0.501. The van der Waals surface area contributed by atoms with E-state index in [1.807, 2.05) is 25.1 Å². The molecule has 2 rings (SSSR count). The summed E-state index contributed by atoms with van der Waals surface area (Å²) in [6, 6.07) is 11.4. The highest BCUT2D eigenvalue weighted by molar-refractivity contribution is 6.30. The molecule has 2 aromatic rings. The Balaban J connectivity index is 2.28. The summed E-state index contributed by atoms with van der Waals surface area (Å²) >= 11 is 6.02. The first kappa shape index (κ1) is 15.9. The van der Waals surface area contributed by atoms with Crippen LogP contribution in [0, 0.1) is 11.6 Å². The monoisotopic (exact) mass is 309 g/mol. The van der Waals surface area contributed by atoms with Crippen LogP contribution in [0.25, 0.3) is 0 Å². The normalized spacial score (nSPS) is 12.4. The van der Waals surface area contributed by atoms with Gasteiger partial charge >= 0.3 is 0 Å². The standard InChI is InChI=1S/C17H18ClF2N/c1-2-21-11-13(12-5-3-6-14(18)9-12)10-15-16(19)7-4-8-17(15)20/h3-9,13,21H,2,10-11H2,1H3. The lowest BCUT2D eigenvalue weighted by atomic mass is 9.91. The molecular weight excluding hydrogens is 292 g/mol. The molecule has 0 amide bonds. The van der Waals surface area contributed by atoms with E-state index in [0.29, 0.717) is 18.0 Å². The number of halogens is 3. The van der Waals surface area contributed by atoms with Gasteiger partial charge in [-0.3, -0.25) is 0 Å². The molecule has 4 heteroatoms. The highest BCUT2D eigenvalue weighted by atomic mass is 35.5. The molecule has 0 saturated carbocycles. The molecule has 0 aromatic heterocycles. The van der Waals surface area contributed by atoms with Crippen LogP contribution in [0.4, 0.5) is 8.78 Å². The molecule has 21 heavy (non-hydrogen) atoms. The molecule has 0 radical (unpaired) electrons. The molecule has 0 aliphatic heterocycles. The zero-order valence-corrected chi connectivity index (χ0v) is 12.6. The fraction of sp³-hybridized carbons (Fsp3) is 0.294. The SMILES string of the molecule is CCNCC(Cc1c(F)cccc1F)c1cccc(Cl)c1. The van der Waals surface area contributed by atoms with Crippen LogP contribution in [0.5, 0.6) is 0 Å². The van der Waals surface area contributed by atoms with Crippen molar-refractivity contribution in [3.05, 3.63) is 70.2 Å². The number of benzene rings is 2. The van der Waals surface area contributed by atoms with Gasteiger partial charge < -0.3 is 5.32 Å². The number of hydrogen-bond acceptors (Lipinski definition) is 1. The van der Waals surface area contributed by atoms with Crippen LogP contribution >= 0.6 is 11.6 Å². The first-order chi connectivity index (χ1) is 10.1. The highest BCUT2D eigenvalue weighted by Crippen LogP contribution is 2.25. The second-order valence-electron chi connectivity index (χ2n) is 4.96. The molecule has 0 fully saturated rings. The van der Waals surface area contributed by atoms with Gasteiger partial charge in [-0.25, -0.2) is 8.78 Å². The maximum absolute atomic E-state index is 13.8. The molecule has 0 bridgehead atoms. The molecule has 1 atom stereocenters. The Morgan fingerprint density at radius 1 is 1.10 bits per heavy atom. The predicted molar refractivity (Wildman–Crippen MR) is 82.8 cm³/mol. The van der Waals surface area contributed by atoms with Crippen LogP contribution in [0.1, 0.15) is 24.0 Å². The number of rotatable bonds is 6. The number of likely N-dealkylation sites (N-methyl/N-ethyl adjacent to an activating group) is 1. The van der Waals surface area contributed by atoms with Crippen molar-refractivity contribution in [2.45, 2.75) is 19.3 Å². The van der Waals surface area contributed by atoms with Gasteiger partial charge in [-0.15, -0.1) is 0 Å². The van der Waals surface area contributed by atoms with Crippen molar-refractivity contribution in [3.63, 3.8) is 0 Å². The van der Waals surface area contributed by atoms with E-state index in [1.54, 1.807) is 6.07 Å². The van der Waals surface area contributed by atoms with Crippen molar-refractivity contribution in [2.75, 3.05) is 13.1 Å². The van der Waals surface area contributed by atoms with E-state index in [9.17, 15) is 8.78 Å². The van der Waals surface area contributed by atoms with Crippen molar-refractivity contribution in [3.8, 4) is 0 Å². The molecule has 0 heterocycles. The molecular formula is C17H18ClF2N. The summed E-state index contributed by atoms with van der Waals surface area (Å²) < 4.78 is 27.7. The molecule has 0 aliphatic carbocycles. The molecule has 0 saturated heterocycles. The van der Waals surface area contributed by atoms with Gasteiger partial charge in [0.2, 0.25) is 0 Å². The third-order valence-electron chi connectivity index (χ3n) is 3.47. The summed E-state index contributed by atoms with van der Waals surface area (Å²) in [5.41, 5.74) is 1.10. The third-order valence-corrected chi connectivity index (χ3v) is 3.71. The van der Waals surface area contributed by atoms with E-state index < -0.39 is 11.6 Å². The lowest BCUT2D eigenvalue weighted by Crippen LogP contribution is -2.23. The van der Waals surface area contributed by atoms with Gasteiger partial charge in [-0.05, 0) is 42.8 Å². The topological polar surface area (TPSA) is 12.0 Å². The summed E-state index contributed by atoms with van der Waals surface area (Å²) in [7, 11) is 0. The van der Waals surface area contributed by atoms with Gasteiger partial charge in [0.15, 0.2) is 0 Å². The quantitative estimate of drug-likeness (QED) is 0.825. The maximum Gasteiger partial charge on any atom is 0.129 e. The predicted octanol–water partition coefficient (Wildman–Crippen LogP) is 4.55. The van der Waals surface area contributed by atoms with Gasteiger partial charge in [-0.1, -0.05) is 36.7 Å². The van der Waals surface area contributed by atoms with Crippen LogP contribution in [-0.2, 0) is 6.42 Å². The van der Waals surface area contributed by atoms with E-state index in [0.717, 1.165) is 12.1 Å². The van der Waals surface area contributed by atoms with E-state index in [-0.39, 0.29) is 11.5 Å². The molecule has 2 aromatic carbocycles. The molecule has 112 valence electrons. The molecule has 0 aliphatic rings. The summed E-state index contributed by atoms with van der Waals surface area (Å²) in [5.74, 6) is -1.04. The van der Waals surface area contributed by atoms with Crippen molar-refractivity contribution in [1.82, 2.24) is 5.32 Å². The molecule has 1 N–H and O–H groups in total. The summed E-state index contributed by atoms with van der Waals surface area (Å²) in [6.07, 6.45) is 0.297. The van der Waals surface area contributed by atoms with Gasteiger partial charge in [0, 0.05) is 23.0 Å². The summed E-state index contributed by atoms with van der Waals surface area (Å²) in [5, 5.41) is 3.87. The van der Waals surface area contributed by atoms with Crippen LogP contribution in [0.15, 0.2) is 42.5 Å². The van der Waals surface area contributed by atoms with E-state index in [4.69, 9.17) is 11.6 Å². The zero-order valence-electron chi connectivity index (χ0n) is 11.9. The Labute approximate surface area is 128 Å². The van der Waals surface area contributed by atoms with Crippen LogP contribution in [-0.4, -0.2) is 13.1 Å². The highest BCUT2D eigenvalue weighted by Gasteiger charge is 2.17. The average molecular weight is 310 g/mol. The van der Waals surface area contributed by atoms with Gasteiger partial charge in [-0.2, -0.15) is 0 Å². The lowest BCUT2D eigenvalue weighted by Gasteiger charge is -2.19. The Hall–Kier alpha value is -1.45. The van der Waals surface area contributed by atoms with Crippen molar-refractivity contribution in [1.29, 1.82) is 0 Å². The minimum Gasteiger partial charge on any atom is -0.316 e. The third kappa shape index (κ3) is 4.26. The Kier molecular flexibility index (Phi) is 5.71. The zero-order chi connectivity index (χ0) is 15.2. The van der Waals surface area contributed by atoms with E-state index >= 15 is 0 Å². The van der Waals surface area contributed by atoms with E-state index in [1.165, 1.54) is 18.2 Å². The van der Waals surface area contributed by atoms with Gasteiger partial charge in [0.25, 0.3) is 0 Å². The van der Waals surface area contributed by atoms with Crippen molar-refractivity contribution in [2.24, 2.45) is 0 Å². The number of hydrogen-bond donors (Lipinski definition) is 1. The Bertz CT molecular complexity index is 581. The first-order valence-corrected chi connectivity index (χ1v) is 7.38. The molecule has 0 spiro atoms.